The number of hydrogen-bond acceptors (Lipinski definition) is 6. The molecule has 1 atom stereocenters. The lowest BCUT2D eigenvalue weighted by molar-refractivity contribution is -0.144. The molecule has 4 aliphatic heterocycles. The van der Waals surface area contributed by atoms with E-state index in [9.17, 15) is 19.5 Å². The molecule has 10 heteroatoms. The molecular formula is C37H51N5O5. The van der Waals surface area contributed by atoms with E-state index in [1.807, 2.05) is 58.9 Å². The largest absolute Gasteiger partial charge is 0.507 e. The van der Waals surface area contributed by atoms with Crippen molar-refractivity contribution in [2.45, 2.75) is 77.3 Å². The lowest BCUT2D eigenvalue weighted by atomic mass is 9.89. The summed E-state index contributed by atoms with van der Waals surface area (Å²) in [6.07, 6.45) is 4.85. The molecule has 2 aromatic carbocycles. The zero-order valence-corrected chi connectivity index (χ0v) is 28.3. The number of hydrogen-bond donors (Lipinski definition) is 2. The molecule has 47 heavy (non-hydrogen) atoms. The molecular weight excluding hydrogens is 594 g/mol. The smallest absolute Gasteiger partial charge is 0.322 e. The molecule has 0 saturated carbocycles. The first-order valence-corrected chi connectivity index (χ1v) is 17.5. The van der Waals surface area contributed by atoms with Crippen molar-refractivity contribution < 1.29 is 24.2 Å². The molecule has 10 nitrogen and oxygen atoms in total. The van der Waals surface area contributed by atoms with E-state index in [2.05, 4.69) is 23.2 Å². The first-order chi connectivity index (χ1) is 22.6. The number of rotatable bonds is 7. The number of amides is 4. The number of benzene rings is 2. The number of carbonyl (C=O) groups excluding carboxylic acids is 3. The SMILES string of the molecule is Cc1cc(C[C@@H](CC(=O)N2CCC(N3CCc4ccccc4NC3=O)CC2)C(=O)N2CCN(C3(C)CCOCC3)CC2)cc(C)c1O. The van der Waals surface area contributed by atoms with Crippen LogP contribution in [0.4, 0.5) is 10.5 Å². The molecule has 6 rings (SSSR count). The van der Waals surface area contributed by atoms with Crippen molar-refractivity contribution >= 4 is 23.5 Å². The molecule has 2 aromatic rings. The monoisotopic (exact) mass is 645 g/mol. The van der Waals surface area contributed by atoms with Crippen LogP contribution in [-0.4, -0.2) is 113 Å². The average Bonchev–Trinajstić information content (AvgIpc) is 3.25. The summed E-state index contributed by atoms with van der Waals surface area (Å²) < 4.78 is 5.61. The van der Waals surface area contributed by atoms with Gasteiger partial charge in [-0.3, -0.25) is 14.5 Å². The highest BCUT2D eigenvalue weighted by Crippen LogP contribution is 2.31. The summed E-state index contributed by atoms with van der Waals surface area (Å²) in [5, 5.41) is 13.4. The number of aromatic hydroxyl groups is 1. The Morgan fingerprint density at radius 2 is 1.62 bits per heavy atom. The zero-order chi connectivity index (χ0) is 33.1. The third kappa shape index (κ3) is 7.44. The Balaban J connectivity index is 1.09. The number of nitrogens with zero attached hydrogens (tertiary/aromatic N) is 4. The minimum atomic E-state index is -0.483. The Hall–Kier alpha value is -3.63. The van der Waals surface area contributed by atoms with Gasteiger partial charge in [0.1, 0.15) is 5.75 Å². The Morgan fingerprint density at radius 3 is 2.30 bits per heavy atom. The van der Waals surface area contributed by atoms with Gasteiger partial charge in [0.15, 0.2) is 0 Å². The lowest BCUT2D eigenvalue weighted by Gasteiger charge is -2.48. The van der Waals surface area contributed by atoms with E-state index in [0.717, 1.165) is 86.3 Å². The Bertz CT molecular complexity index is 1430. The van der Waals surface area contributed by atoms with Crippen LogP contribution in [0.15, 0.2) is 36.4 Å². The van der Waals surface area contributed by atoms with Crippen LogP contribution in [0.25, 0.3) is 0 Å². The molecule has 4 aliphatic rings. The van der Waals surface area contributed by atoms with E-state index < -0.39 is 5.92 Å². The summed E-state index contributed by atoms with van der Waals surface area (Å²) in [6.45, 7) is 12.4. The van der Waals surface area contributed by atoms with Gasteiger partial charge in [-0.2, -0.15) is 0 Å². The van der Waals surface area contributed by atoms with Crippen molar-refractivity contribution in [3.8, 4) is 5.75 Å². The Morgan fingerprint density at radius 1 is 0.957 bits per heavy atom. The number of anilines is 1. The molecule has 0 bridgehead atoms. The van der Waals surface area contributed by atoms with Crippen LogP contribution < -0.4 is 5.32 Å². The van der Waals surface area contributed by atoms with E-state index in [-0.39, 0.29) is 41.6 Å². The summed E-state index contributed by atoms with van der Waals surface area (Å²) >= 11 is 0. The first kappa shape index (κ1) is 33.3. The third-order valence-electron chi connectivity index (χ3n) is 11.1. The number of aryl methyl sites for hydroxylation is 2. The number of piperazine rings is 1. The van der Waals surface area contributed by atoms with Crippen LogP contribution in [0.1, 0.15) is 61.3 Å². The maximum absolute atomic E-state index is 14.2. The molecule has 0 unspecified atom stereocenters. The topological polar surface area (TPSA) is 106 Å². The fourth-order valence-electron chi connectivity index (χ4n) is 8.05. The van der Waals surface area contributed by atoms with Crippen LogP contribution in [0, 0.1) is 19.8 Å². The predicted octanol–water partition coefficient (Wildman–Crippen LogP) is 4.35. The highest BCUT2D eigenvalue weighted by atomic mass is 16.5. The van der Waals surface area contributed by atoms with Gasteiger partial charge in [0.25, 0.3) is 0 Å². The van der Waals surface area contributed by atoms with Crippen molar-refractivity contribution in [2.75, 3.05) is 64.3 Å². The van der Waals surface area contributed by atoms with Crippen LogP contribution >= 0.6 is 0 Å². The second kappa shape index (κ2) is 14.2. The number of phenols is 1. The second-order valence-corrected chi connectivity index (χ2v) is 14.2. The number of likely N-dealkylation sites (tertiary alicyclic amines) is 1. The minimum absolute atomic E-state index is 0.00454. The third-order valence-corrected chi connectivity index (χ3v) is 11.1. The standard InChI is InChI=1S/C37H51N5O5/c1-26-22-28(23-27(2)34(26)44)24-30(35(45)40-16-18-41(19-17-40)37(3)11-20-47-21-12-37)25-33(43)39-13-9-31(10-14-39)42-15-8-29-6-4-5-7-32(29)38-36(42)46/h4-7,22-23,30-31,44H,8-21,24-25H2,1-3H3,(H,38,46)/t30-/m0/s1. The number of para-hydroxylation sites is 1. The van der Waals surface area contributed by atoms with Gasteiger partial charge in [-0.15, -0.1) is 0 Å². The van der Waals surface area contributed by atoms with Crippen LogP contribution in [-0.2, 0) is 27.2 Å². The fourth-order valence-corrected chi connectivity index (χ4v) is 8.05. The van der Waals surface area contributed by atoms with Crippen LogP contribution in [0.5, 0.6) is 5.75 Å². The van der Waals surface area contributed by atoms with E-state index in [1.54, 1.807) is 0 Å². The Kier molecular flexibility index (Phi) is 10.1. The molecule has 0 aliphatic carbocycles. The van der Waals surface area contributed by atoms with Crippen molar-refractivity contribution in [1.82, 2.24) is 19.6 Å². The van der Waals surface area contributed by atoms with Gasteiger partial charge in [-0.05, 0) is 87.6 Å². The molecule has 0 aromatic heterocycles. The molecule has 2 N–H and O–H groups in total. The quantitative estimate of drug-likeness (QED) is 0.464. The highest BCUT2D eigenvalue weighted by Gasteiger charge is 2.38. The lowest BCUT2D eigenvalue weighted by Crippen LogP contribution is -2.59. The number of piperidine rings is 1. The van der Waals surface area contributed by atoms with Crippen LogP contribution in [0.3, 0.4) is 0 Å². The number of fused-ring (bicyclic) bond motifs is 1. The van der Waals surface area contributed by atoms with E-state index in [0.29, 0.717) is 39.1 Å². The normalized spacial score (nSPS) is 21.5. The number of ether oxygens (including phenoxy) is 1. The zero-order valence-electron chi connectivity index (χ0n) is 28.3. The van der Waals surface area contributed by atoms with Gasteiger partial charge >= 0.3 is 6.03 Å². The summed E-state index contributed by atoms with van der Waals surface area (Å²) in [4.78, 5) is 49.4. The number of urea groups is 1. The maximum atomic E-state index is 14.2. The molecule has 0 radical (unpaired) electrons. The summed E-state index contributed by atoms with van der Waals surface area (Å²) in [6, 6.07) is 11.8. The summed E-state index contributed by atoms with van der Waals surface area (Å²) in [5.74, 6) is -0.178. The van der Waals surface area contributed by atoms with Crippen molar-refractivity contribution in [3.63, 3.8) is 0 Å². The van der Waals surface area contributed by atoms with Crippen molar-refractivity contribution in [2.24, 2.45) is 5.92 Å². The molecule has 254 valence electrons. The first-order valence-electron chi connectivity index (χ1n) is 17.5. The molecule has 4 amide bonds. The van der Waals surface area contributed by atoms with Gasteiger partial charge in [-0.25, -0.2) is 4.79 Å². The van der Waals surface area contributed by atoms with Gasteiger partial charge in [-0.1, -0.05) is 30.3 Å². The number of phenolic OH excluding ortho intramolecular Hbond substituents is 1. The van der Waals surface area contributed by atoms with E-state index in [1.165, 1.54) is 0 Å². The van der Waals surface area contributed by atoms with E-state index in [4.69, 9.17) is 4.74 Å². The van der Waals surface area contributed by atoms with Gasteiger partial charge in [0.2, 0.25) is 11.8 Å². The van der Waals surface area contributed by atoms with Crippen LogP contribution in [0.2, 0.25) is 0 Å². The number of carbonyl (C=O) groups is 3. The minimum Gasteiger partial charge on any atom is -0.507 e. The van der Waals surface area contributed by atoms with Crippen molar-refractivity contribution in [1.29, 1.82) is 0 Å². The summed E-state index contributed by atoms with van der Waals surface area (Å²) in [5.41, 5.74) is 4.64. The summed E-state index contributed by atoms with van der Waals surface area (Å²) in [7, 11) is 0. The van der Waals surface area contributed by atoms with Gasteiger partial charge in [0, 0.05) is 82.7 Å². The molecule has 4 heterocycles. The van der Waals surface area contributed by atoms with Gasteiger partial charge in [0.05, 0.1) is 5.92 Å². The van der Waals surface area contributed by atoms with Gasteiger partial charge < -0.3 is 29.9 Å². The maximum Gasteiger partial charge on any atom is 0.322 e. The molecule has 0 spiro atoms. The molecule has 3 fully saturated rings. The number of nitrogens with one attached hydrogen (secondary N) is 1. The Labute approximate surface area is 279 Å². The molecule has 3 saturated heterocycles. The highest BCUT2D eigenvalue weighted by molar-refractivity contribution is 5.91. The fraction of sp³-hybridized carbons (Fsp3) is 0.595. The van der Waals surface area contributed by atoms with E-state index >= 15 is 0 Å². The average molecular weight is 646 g/mol. The van der Waals surface area contributed by atoms with Crippen molar-refractivity contribution in [3.05, 3.63) is 58.7 Å². The predicted molar refractivity (Wildman–Crippen MR) is 181 cm³/mol. The second-order valence-electron chi connectivity index (χ2n) is 14.2.